The highest BCUT2D eigenvalue weighted by molar-refractivity contribution is 5.83. The second-order valence-electron chi connectivity index (χ2n) is 8.85. The van der Waals surface area contributed by atoms with Gasteiger partial charge in [-0.05, 0) is 46.3 Å². The van der Waals surface area contributed by atoms with Gasteiger partial charge < -0.3 is 23.6 Å². The van der Waals surface area contributed by atoms with Crippen LogP contribution < -0.4 is 15.0 Å². The molecule has 0 saturated carbocycles. The first-order chi connectivity index (χ1) is 19.1. The van der Waals surface area contributed by atoms with Crippen molar-refractivity contribution in [1.82, 2.24) is 35.1 Å². The van der Waals surface area contributed by atoms with Gasteiger partial charge in [-0.1, -0.05) is 6.07 Å². The smallest absolute Gasteiger partial charge is 0.253 e. The molecular formula is C27H29N7O5. The van der Waals surface area contributed by atoms with Crippen molar-refractivity contribution in [2.75, 3.05) is 27.9 Å². The molecule has 1 atom stereocenters. The molecule has 0 unspecified atom stereocenters. The van der Waals surface area contributed by atoms with Crippen molar-refractivity contribution in [2.24, 2.45) is 0 Å². The number of aromatic amines is 1. The second kappa shape index (κ2) is 11.9. The lowest BCUT2D eigenvalue weighted by Crippen LogP contribution is -2.35. The van der Waals surface area contributed by atoms with Gasteiger partial charge in [-0.25, -0.2) is 4.68 Å². The molecule has 39 heavy (non-hydrogen) atoms. The third-order valence-electron chi connectivity index (χ3n) is 6.40. The van der Waals surface area contributed by atoms with Crippen molar-refractivity contribution in [1.29, 1.82) is 0 Å². The number of ether oxygens (including phenoxy) is 3. The van der Waals surface area contributed by atoms with E-state index in [1.807, 2.05) is 36.4 Å². The molecule has 0 radical (unpaired) electrons. The molecule has 5 aromatic rings. The Kier molecular flexibility index (Phi) is 7.94. The van der Waals surface area contributed by atoms with Crippen molar-refractivity contribution in [3.8, 4) is 11.5 Å². The minimum Gasteiger partial charge on any atom is -0.493 e. The number of nitrogens with zero attached hydrogens (tertiary/aromatic N) is 6. The number of rotatable bonds is 12. The molecule has 4 heterocycles. The maximum atomic E-state index is 13.7. The number of furan rings is 1. The van der Waals surface area contributed by atoms with Crippen molar-refractivity contribution >= 4 is 10.9 Å². The molecule has 0 amide bonds. The Morgan fingerprint density at radius 2 is 1.92 bits per heavy atom. The predicted octanol–water partition coefficient (Wildman–Crippen LogP) is 2.96. The van der Waals surface area contributed by atoms with Gasteiger partial charge in [0.2, 0.25) is 0 Å². The Hall–Kier alpha value is -4.55. The number of fused-ring (bicyclic) bond motifs is 1. The first kappa shape index (κ1) is 26.1. The lowest BCUT2D eigenvalue weighted by Gasteiger charge is -2.30. The highest BCUT2D eigenvalue weighted by Crippen LogP contribution is 2.34. The van der Waals surface area contributed by atoms with E-state index in [9.17, 15) is 4.79 Å². The topological polar surface area (TPSA) is 133 Å². The van der Waals surface area contributed by atoms with Crippen LogP contribution in [0.4, 0.5) is 0 Å². The van der Waals surface area contributed by atoms with Gasteiger partial charge in [0.25, 0.3) is 5.56 Å². The van der Waals surface area contributed by atoms with E-state index in [1.165, 1.54) is 0 Å². The SMILES string of the molecule is COCCn1nnnc1[C@@H](c1cc2cc(OC)c(OC)cc2[nH]c1=O)N(Cc1cccnc1)Cc1ccco1. The number of aromatic nitrogens is 6. The van der Waals surface area contributed by atoms with E-state index < -0.39 is 6.04 Å². The average molecular weight is 532 g/mol. The zero-order valence-corrected chi connectivity index (χ0v) is 21.9. The van der Waals surface area contributed by atoms with E-state index in [0.717, 1.165) is 16.7 Å². The van der Waals surface area contributed by atoms with Crippen LogP contribution in [0.2, 0.25) is 0 Å². The molecule has 1 N–H and O–H groups in total. The largest absolute Gasteiger partial charge is 0.493 e. The van der Waals surface area contributed by atoms with Crippen molar-refractivity contribution < 1.29 is 18.6 Å². The van der Waals surface area contributed by atoms with Crippen LogP contribution in [-0.2, 0) is 24.4 Å². The van der Waals surface area contributed by atoms with Crippen LogP contribution in [0, 0.1) is 0 Å². The zero-order chi connectivity index (χ0) is 27.2. The number of benzene rings is 1. The zero-order valence-electron chi connectivity index (χ0n) is 21.9. The number of hydrogen-bond donors (Lipinski definition) is 1. The van der Waals surface area contributed by atoms with Crippen molar-refractivity contribution in [3.63, 3.8) is 0 Å². The molecule has 0 aliphatic rings. The summed E-state index contributed by atoms with van der Waals surface area (Å²) in [4.78, 5) is 23.1. The summed E-state index contributed by atoms with van der Waals surface area (Å²) >= 11 is 0. The molecule has 0 saturated heterocycles. The average Bonchev–Trinajstić information content (AvgIpc) is 3.64. The van der Waals surface area contributed by atoms with E-state index in [-0.39, 0.29) is 5.56 Å². The third kappa shape index (κ3) is 5.66. The van der Waals surface area contributed by atoms with Gasteiger partial charge in [0.1, 0.15) is 11.8 Å². The lowest BCUT2D eigenvalue weighted by molar-refractivity contribution is 0.163. The summed E-state index contributed by atoms with van der Waals surface area (Å²) in [5.41, 5.74) is 1.74. The Morgan fingerprint density at radius 1 is 1.08 bits per heavy atom. The second-order valence-corrected chi connectivity index (χ2v) is 8.85. The fourth-order valence-electron chi connectivity index (χ4n) is 4.56. The van der Waals surface area contributed by atoms with Gasteiger partial charge in [-0.15, -0.1) is 5.10 Å². The molecule has 0 aliphatic carbocycles. The Bertz CT molecular complexity index is 1570. The van der Waals surface area contributed by atoms with E-state index in [4.69, 9.17) is 18.6 Å². The van der Waals surface area contributed by atoms with E-state index in [0.29, 0.717) is 54.6 Å². The minimum atomic E-state index is -0.650. The van der Waals surface area contributed by atoms with E-state index in [2.05, 4.69) is 30.4 Å². The molecule has 4 aromatic heterocycles. The highest BCUT2D eigenvalue weighted by Gasteiger charge is 2.31. The Labute approximate surface area is 224 Å². The van der Waals surface area contributed by atoms with Gasteiger partial charge >= 0.3 is 0 Å². The minimum absolute atomic E-state index is 0.281. The molecule has 0 fully saturated rings. The summed E-state index contributed by atoms with van der Waals surface area (Å²) in [6, 6.07) is 12.3. The Morgan fingerprint density at radius 3 is 2.64 bits per heavy atom. The third-order valence-corrected chi connectivity index (χ3v) is 6.40. The maximum absolute atomic E-state index is 13.7. The lowest BCUT2D eigenvalue weighted by atomic mass is 10.0. The number of hydrogen-bond acceptors (Lipinski definition) is 10. The summed E-state index contributed by atoms with van der Waals surface area (Å²) < 4.78 is 23.6. The van der Waals surface area contributed by atoms with Crippen LogP contribution in [0.5, 0.6) is 11.5 Å². The van der Waals surface area contributed by atoms with Crippen molar-refractivity contribution in [2.45, 2.75) is 25.7 Å². The van der Waals surface area contributed by atoms with Gasteiger partial charge in [-0.2, -0.15) is 0 Å². The van der Waals surface area contributed by atoms with Gasteiger partial charge in [-0.3, -0.25) is 14.7 Å². The molecule has 202 valence electrons. The number of H-pyrrole nitrogens is 1. The monoisotopic (exact) mass is 531 g/mol. The van der Waals surface area contributed by atoms with E-state index >= 15 is 0 Å². The summed E-state index contributed by atoms with van der Waals surface area (Å²) in [6.07, 6.45) is 5.14. The summed E-state index contributed by atoms with van der Waals surface area (Å²) in [7, 11) is 4.74. The number of pyridine rings is 2. The summed E-state index contributed by atoms with van der Waals surface area (Å²) in [5.74, 6) is 2.29. The number of nitrogens with one attached hydrogen (secondary N) is 1. The fraction of sp³-hybridized carbons (Fsp3) is 0.296. The van der Waals surface area contributed by atoms with Gasteiger partial charge in [0.05, 0.1) is 45.7 Å². The molecule has 12 nitrogen and oxygen atoms in total. The quantitative estimate of drug-likeness (QED) is 0.256. The first-order valence-electron chi connectivity index (χ1n) is 12.3. The molecule has 0 bridgehead atoms. The van der Waals surface area contributed by atoms with Crippen LogP contribution in [0.15, 0.2) is 70.3 Å². The number of tetrazole rings is 1. The molecule has 5 rings (SSSR count). The molecular weight excluding hydrogens is 502 g/mol. The van der Waals surface area contributed by atoms with Crippen LogP contribution >= 0.6 is 0 Å². The van der Waals surface area contributed by atoms with Gasteiger partial charge in [0.15, 0.2) is 17.3 Å². The summed E-state index contributed by atoms with van der Waals surface area (Å²) in [5, 5.41) is 13.3. The molecule has 12 heteroatoms. The maximum Gasteiger partial charge on any atom is 0.253 e. The first-order valence-corrected chi connectivity index (χ1v) is 12.3. The van der Waals surface area contributed by atoms with Crippen LogP contribution in [0.25, 0.3) is 10.9 Å². The molecule has 0 aliphatic heterocycles. The molecule has 1 aromatic carbocycles. The highest BCUT2D eigenvalue weighted by atomic mass is 16.5. The van der Waals surface area contributed by atoms with Crippen LogP contribution in [0.3, 0.4) is 0 Å². The standard InChI is InChI=1S/C27H29N7O5/c1-36-11-9-34-26(30-31-32-34)25(33(17-20-7-5-10-39-20)16-18-6-4-8-28-15-18)21-12-19-13-23(37-2)24(38-3)14-22(19)29-27(21)35/h4-8,10,12-15,25H,9,11,16-17H2,1-3H3,(H,29,35)/t25-/m1/s1. The van der Waals surface area contributed by atoms with Crippen molar-refractivity contribution in [3.05, 3.63) is 94.2 Å². The summed E-state index contributed by atoms with van der Waals surface area (Å²) in [6.45, 7) is 1.64. The van der Waals surface area contributed by atoms with Crippen LogP contribution in [0.1, 0.15) is 28.8 Å². The fourth-order valence-corrected chi connectivity index (χ4v) is 4.56. The predicted molar refractivity (Wildman–Crippen MR) is 141 cm³/mol. The van der Waals surface area contributed by atoms with Gasteiger partial charge in [0, 0.05) is 43.1 Å². The van der Waals surface area contributed by atoms with E-state index in [1.54, 1.807) is 50.7 Å². The molecule has 0 spiro atoms. The Balaban J connectivity index is 1.70. The number of methoxy groups -OCH3 is 3. The van der Waals surface area contributed by atoms with Crippen LogP contribution in [-0.4, -0.2) is 63.0 Å². The normalized spacial score (nSPS) is 12.2.